The van der Waals surface area contributed by atoms with Crippen LogP contribution in [0.25, 0.3) is 0 Å². The highest BCUT2D eigenvalue weighted by Crippen LogP contribution is 2.40. The Morgan fingerprint density at radius 3 is 3.00 bits per heavy atom. The van der Waals surface area contributed by atoms with Crippen molar-refractivity contribution in [2.75, 3.05) is 0 Å². The molecule has 1 saturated carbocycles. The summed E-state index contributed by atoms with van der Waals surface area (Å²) in [5, 5.41) is 9.69. The van der Waals surface area contributed by atoms with Crippen molar-refractivity contribution in [3.63, 3.8) is 0 Å². The smallest absolute Gasteiger partial charge is 0.100 e. The van der Waals surface area contributed by atoms with E-state index in [9.17, 15) is 5.11 Å². The predicted octanol–water partition coefficient (Wildman–Crippen LogP) is 1.35. The normalized spacial score (nSPS) is 19.5. The van der Waals surface area contributed by atoms with E-state index in [4.69, 9.17) is 0 Å². The van der Waals surface area contributed by atoms with Gasteiger partial charge in [0.2, 0.25) is 0 Å². The zero-order valence-electron chi connectivity index (χ0n) is 7.27. The third kappa shape index (κ3) is 1.37. The first-order chi connectivity index (χ1) is 5.81. The Balaban J connectivity index is 2.10. The summed E-state index contributed by atoms with van der Waals surface area (Å²) < 4.78 is 1.99. The summed E-state index contributed by atoms with van der Waals surface area (Å²) >= 11 is 0. The summed E-state index contributed by atoms with van der Waals surface area (Å²) in [6.07, 6.45) is 5.70. The van der Waals surface area contributed by atoms with E-state index >= 15 is 0 Å². The second-order valence-corrected chi connectivity index (χ2v) is 3.41. The lowest BCUT2D eigenvalue weighted by atomic mass is 10.2. The van der Waals surface area contributed by atoms with Gasteiger partial charge in [0.25, 0.3) is 0 Å². The molecule has 1 N–H and O–H groups in total. The standard InChI is InChI=1S/C9H14N2O/c1-2-11-5-8(10-6-11)9(12)7-3-4-7/h5-7,9,12H,2-4H2,1H3. The van der Waals surface area contributed by atoms with Crippen LogP contribution in [0, 0.1) is 5.92 Å². The highest BCUT2D eigenvalue weighted by Gasteiger charge is 2.31. The molecule has 3 heteroatoms. The van der Waals surface area contributed by atoms with Crippen LogP contribution < -0.4 is 0 Å². The third-order valence-corrected chi connectivity index (χ3v) is 2.39. The van der Waals surface area contributed by atoms with Gasteiger partial charge >= 0.3 is 0 Å². The number of rotatable bonds is 3. The van der Waals surface area contributed by atoms with Crippen LogP contribution in [0.3, 0.4) is 0 Å². The number of nitrogens with zero attached hydrogens (tertiary/aromatic N) is 2. The Morgan fingerprint density at radius 1 is 1.75 bits per heavy atom. The molecule has 2 rings (SSSR count). The number of aromatic nitrogens is 2. The quantitative estimate of drug-likeness (QED) is 0.736. The van der Waals surface area contributed by atoms with Crippen molar-refractivity contribution in [3.8, 4) is 0 Å². The summed E-state index contributed by atoms with van der Waals surface area (Å²) in [5.41, 5.74) is 0.833. The zero-order valence-corrected chi connectivity index (χ0v) is 7.27. The van der Waals surface area contributed by atoms with Crippen molar-refractivity contribution in [1.82, 2.24) is 9.55 Å². The van der Waals surface area contributed by atoms with Crippen molar-refractivity contribution >= 4 is 0 Å². The van der Waals surface area contributed by atoms with Crippen molar-refractivity contribution in [1.29, 1.82) is 0 Å². The van der Waals surface area contributed by atoms with Gasteiger partial charge in [-0.1, -0.05) is 0 Å². The number of imidazole rings is 1. The molecule has 1 atom stereocenters. The molecule has 0 bridgehead atoms. The maximum Gasteiger partial charge on any atom is 0.100 e. The molecule has 3 nitrogen and oxygen atoms in total. The molecule has 0 aromatic carbocycles. The van der Waals surface area contributed by atoms with Gasteiger partial charge in [0.15, 0.2) is 0 Å². The van der Waals surface area contributed by atoms with Gasteiger partial charge in [-0.3, -0.25) is 0 Å². The number of hydrogen-bond acceptors (Lipinski definition) is 2. The average Bonchev–Trinajstić information content (AvgIpc) is 2.82. The lowest BCUT2D eigenvalue weighted by Crippen LogP contribution is -1.99. The average molecular weight is 166 g/mol. The predicted molar refractivity (Wildman–Crippen MR) is 45.6 cm³/mol. The van der Waals surface area contributed by atoms with Gasteiger partial charge in [0, 0.05) is 12.7 Å². The van der Waals surface area contributed by atoms with Crippen molar-refractivity contribution in [3.05, 3.63) is 18.2 Å². The van der Waals surface area contributed by atoms with Gasteiger partial charge in [0.05, 0.1) is 12.0 Å². The molecule has 1 fully saturated rings. The fraction of sp³-hybridized carbons (Fsp3) is 0.667. The molecular weight excluding hydrogens is 152 g/mol. The number of aryl methyl sites for hydroxylation is 1. The summed E-state index contributed by atoms with van der Waals surface area (Å²) in [4.78, 5) is 4.16. The first kappa shape index (κ1) is 7.80. The van der Waals surface area contributed by atoms with Crippen LogP contribution in [0.4, 0.5) is 0 Å². The van der Waals surface area contributed by atoms with Gasteiger partial charge in [-0.25, -0.2) is 4.98 Å². The SMILES string of the molecule is CCn1cnc(C(O)C2CC2)c1. The van der Waals surface area contributed by atoms with Crippen LogP contribution >= 0.6 is 0 Å². The second kappa shape index (κ2) is 2.90. The molecule has 1 aromatic rings. The lowest BCUT2D eigenvalue weighted by Gasteiger charge is -2.03. The molecule has 1 aliphatic carbocycles. The number of aliphatic hydroxyl groups is 1. The van der Waals surface area contributed by atoms with Crippen molar-refractivity contribution in [2.24, 2.45) is 5.92 Å². The van der Waals surface area contributed by atoms with E-state index in [1.807, 2.05) is 10.8 Å². The van der Waals surface area contributed by atoms with Crippen LogP contribution in [0.5, 0.6) is 0 Å². The van der Waals surface area contributed by atoms with Gasteiger partial charge in [-0.2, -0.15) is 0 Å². The topological polar surface area (TPSA) is 38.0 Å². The summed E-state index contributed by atoms with van der Waals surface area (Å²) in [5.74, 6) is 0.477. The van der Waals surface area contributed by atoms with E-state index in [0.717, 1.165) is 25.1 Å². The van der Waals surface area contributed by atoms with E-state index in [-0.39, 0.29) is 6.10 Å². The Bertz CT molecular complexity index is 265. The second-order valence-electron chi connectivity index (χ2n) is 3.41. The molecule has 1 aliphatic rings. The van der Waals surface area contributed by atoms with E-state index in [1.165, 1.54) is 0 Å². The minimum Gasteiger partial charge on any atom is -0.386 e. The van der Waals surface area contributed by atoms with Gasteiger partial charge < -0.3 is 9.67 Å². The maximum absolute atomic E-state index is 9.69. The maximum atomic E-state index is 9.69. The molecule has 0 saturated heterocycles. The van der Waals surface area contributed by atoms with Gasteiger partial charge in [-0.15, -0.1) is 0 Å². The largest absolute Gasteiger partial charge is 0.386 e. The molecule has 0 amide bonds. The minimum absolute atomic E-state index is 0.321. The molecule has 1 aromatic heterocycles. The van der Waals surface area contributed by atoms with Crippen molar-refractivity contribution in [2.45, 2.75) is 32.4 Å². The first-order valence-electron chi connectivity index (χ1n) is 4.51. The Morgan fingerprint density at radius 2 is 2.50 bits per heavy atom. The van der Waals surface area contributed by atoms with Crippen LogP contribution in [-0.4, -0.2) is 14.7 Å². The minimum atomic E-state index is -0.321. The fourth-order valence-corrected chi connectivity index (χ4v) is 1.36. The summed E-state index contributed by atoms with van der Waals surface area (Å²) in [7, 11) is 0. The zero-order chi connectivity index (χ0) is 8.55. The van der Waals surface area contributed by atoms with E-state index in [2.05, 4.69) is 11.9 Å². The van der Waals surface area contributed by atoms with E-state index < -0.39 is 0 Å². The van der Waals surface area contributed by atoms with Crippen LogP contribution in [0.2, 0.25) is 0 Å². The van der Waals surface area contributed by atoms with Crippen molar-refractivity contribution < 1.29 is 5.11 Å². The summed E-state index contributed by atoms with van der Waals surface area (Å²) in [6, 6.07) is 0. The highest BCUT2D eigenvalue weighted by molar-refractivity contribution is 5.05. The summed E-state index contributed by atoms with van der Waals surface area (Å²) in [6.45, 7) is 2.99. The van der Waals surface area contributed by atoms with Crippen LogP contribution in [0.15, 0.2) is 12.5 Å². The Kier molecular flexibility index (Phi) is 1.89. The monoisotopic (exact) mass is 166 g/mol. The highest BCUT2D eigenvalue weighted by atomic mass is 16.3. The van der Waals surface area contributed by atoms with Crippen LogP contribution in [0.1, 0.15) is 31.6 Å². The number of aliphatic hydroxyl groups excluding tert-OH is 1. The molecule has 0 radical (unpaired) electrons. The molecule has 0 spiro atoms. The molecule has 12 heavy (non-hydrogen) atoms. The molecule has 0 aliphatic heterocycles. The molecule has 1 heterocycles. The van der Waals surface area contributed by atoms with E-state index in [1.54, 1.807) is 6.33 Å². The Hall–Kier alpha value is -0.830. The van der Waals surface area contributed by atoms with Gasteiger partial charge in [-0.05, 0) is 25.7 Å². The third-order valence-electron chi connectivity index (χ3n) is 2.39. The fourth-order valence-electron chi connectivity index (χ4n) is 1.36. The van der Waals surface area contributed by atoms with E-state index in [0.29, 0.717) is 5.92 Å². The Labute approximate surface area is 72.0 Å². The van der Waals surface area contributed by atoms with Gasteiger partial charge in [0.1, 0.15) is 6.10 Å². The van der Waals surface area contributed by atoms with Crippen LogP contribution in [-0.2, 0) is 6.54 Å². The molecule has 1 unspecified atom stereocenters. The molecular formula is C9H14N2O. The lowest BCUT2D eigenvalue weighted by molar-refractivity contribution is 0.149. The first-order valence-corrected chi connectivity index (χ1v) is 4.51. The number of hydrogen-bond donors (Lipinski definition) is 1. The molecule has 66 valence electrons.